The molecule has 0 radical (unpaired) electrons. The van der Waals surface area contributed by atoms with Crippen molar-refractivity contribution in [1.82, 2.24) is 10.2 Å². The summed E-state index contributed by atoms with van der Waals surface area (Å²) in [6.45, 7) is 4.40. The van der Waals surface area contributed by atoms with Gasteiger partial charge in [-0.05, 0) is 19.8 Å². The highest BCUT2D eigenvalue weighted by Gasteiger charge is 2.37. The second kappa shape index (κ2) is 5.32. The molecular formula is C10H21N3O2. The fourth-order valence-corrected chi connectivity index (χ4v) is 1.91. The van der Waals surface area contributed by atoms with Crippen LogP contribution in [-0.2, 0) is 4.74 Å². The summed E-state index contributed by atoms with van der Waals surface area (Å²) in [6, 6.07) is -0.0511. The first-order chi connectivity index (χ1) is 7.16. The van der Waals surface area contributed by atoms with Gasteiger partial charge in [0, 0.05) is 33.4 Å². The molecule has 2 amide bonds. The van der Waals surface area contributed by atoms with Crippen LogP contribution in [0.3, 0.4) is 0 Å². The number of ether oxygens (including phenoxy) is 1. The molecule has 0 saturated carbocycles. The van der Waals surface area contributed by atoms with E-state index in [4.69, 9.17) is 10.5 Å². The summed E-state index contributed by atoms with van der Waals surface area (Å²) < 4.78 is 5.30. The fraction of sp³-hybridized carbons (Fsp3) is 0.900. The zero-order valence-corrected chi connectivity index (χ0v) is 9.58. The number of nitrogens with one attached hydrogen (secondary N) is 1. The van der Waals surface area contributed by atoms with Crippen LogP contribution in [0.25, 0.3) is 0 Å². The first kappa shape index (κ1) is 12.3. The molecule has 0 aromatic rings. The average molecular weight is 215 g/mol. The van der Waals surface area contributed by atoms with Crippen molar-refractivity contribution in [2.45, 2.75) is 25.3 Å². The van der Waals surface area contributed by atoms with Crippen molar-refractivity contribution >= 4 is 6.03 Å². The van der Waals surface area contributed by atoms with Crippen LogP contribution >= 0.6 is 0 Å². The number of carbonyl (C=O) groups is 1. The number of nitrogens with zero attached hydrogens (tertiary/aromatic N) is 1. The molecule has 1 aliphatic heterocycles. The van der Waals surface area contributed by atoms with Crippen LogP contribution in [0.15, 0.2) is 0 Å². The molecule has 0 aromatic carbocycles. The Kier molecular flexibility index (Phi) is 4.35. The Balaban J connectivity index is 2.66. The highest BCUT2D eigenvalue weighted by atomic mass is 16.5. The predicted octanol–water partition coefficient (Wildman–Crippen LogP) is 0.156. The quantitative estimate of drug-likeness (QED) is 0.704. The highest BCUT2D eigenvalue weighted by molar-refractivity contribution is 5.74. The van der Waals surface area contributed by atoms with Crippen molar-refractivity contribution in [3.8, 4) is 0 Å². The SMILES string of the molecule is CCNC(=O)N(C)C1(CN)CCOCC1. The molecule has 3 N–H and O–H groups in total. The fourth-order valence-electron chi connectivity index (χ4n) is 1.91. The number of urea groups is 1. The Hall–Kier alpha value is -0.810. The van der Waals surface area contributed by atoms with E-state index in [9.17, 15) is 4.79 Å². The van der Waals surface area contributed by atoms with Gasteiger partial charge in [-0.15, -0.1) is 0 Å². The van der Waals surface area contributed by atoms with Crippen molar-refractivity contribution in [2.24, 2.45) is 5.73 Å². The van der Waals surface area contributed by atoms with Crippen LogP contribution in [0.1, 0.15) is 19.8 Å². The van der Waals surface area contributed by atoms with Gasteiger partial charge in [0.05, 0.1) is 5.54 Å². The van der Waals surface area contributed by atoms with Gasteiger partial charge in [0.1, 0.15) is 0 Å². The van der Waals surface area contributed by atoms with E-state index in [0.29, 0.717) is 26.3 Å². The van der Waals surface area contributed by atoms with E-state index < -0.39 is 0 Å². The second-order valence-corrected chi connectivity index (χ2v) is 3.94. The summed E-state index contributed by atoms with van der Waals surface area (Å²) in [7, 11) is 1.81. The first-order valence-corrected chi connectivity index (χ1v) is 5.46. The molecule has 88 valence electrons. The van der Waals surface area contributed by atoms with E-state index in [1.807, 2.05) is 14.0 Å². The van der Waals surface area contributed by atoms with Crippen LogP contribution in [0, 0.1) is 0 Å². The van der Waals surface area contributed by atoms with Gasteiger partial charge >= 0.3 is 6.03 Å². The smallest absolute Gasteiger partial charge is 0.317 e. The maximum atomic E-state index is 11.7. The van der Waals surface area contributed by atoms with E-state index in [2.05, 4.69) is 5.32 Å². The monoisotopic (exact) mass is 215 g/mol. The molecule has 0 unspecified atom stereocenters. The molecule has 0 spiro atoms. The maximum absolute atomic E-state index is 11.7. The van der Waals surface area contributed by atoms with Crippen LogP contribution in [0.5, 0.6) is 0 Å². The van der Waals surface area contributed by atoms with Crippen molar-refractivity contribution < 1.29 is 9.53 Å². The minimum absolute atomic E-state index is 0.0511. The van der Waals surface area contributed by atoms with Crippen LogP contribution in [-0.4, -0.2) is 49.8 Å². The van der Waals surface area contributed by atoms with Gasteiger partial charge in [0.15, 0.2) is 0 Å². The van der Waals surface area contributed by atoms with Crippen molar-refractivity contribution in [1.29, 1.82) is 0 Å². The van der Waals surface area contributed by atoms with Crippen molar-refractivity contribution in [3.63, 3.8) is 0 Å². The summed E-state index contributed by atoms with van der Waals surface area (Å²) >= 11 is 0. The summed E-state index contributed by atoms with van der Waals surface area (Å²) in [5.74, 6) is 0. The lowest BCUT2D eigenvalue weighted by atomic mass is 9.89. The van der Waals surface area contributed by atoms with E-state index in [1.165, 1.54) is 0 Å². The van der Waals surface area contributed by atoms with Gasteiger partial charge in [0.2, 0.25) is 0 Å². The van der Waals surface area contributed by atoms with Gasteiger partial charge in [-0.1, -0.05) is 0 Å². The molecule has 0 atom stereocenters. The van der Waals surface area contributed by atoms with Gasteiger partial charge in [-0.2, -0.15) is 0 Å². The number of amides is 2. The molecule has 0 bridgehead atoms. The van der Waals surface area contributed by atoms with E-state index in [1.54, 1.807) is 4.90 Å². The number of carbonyl (C=O) groups excluding carboxylic acids is 1. The molecule has 1 saturated heterocycles. The van der Waals surface area contributed by atoms with Gasteiger partial charge in [-0.3, -0.25) is 0 Å². The standard InChI is InChI=1S/C10H21N3O2/c1-3-12-9(14)13(2)10(8-11)4-6-15-7-5-10/h3-8,11H2,1-2H3,(H,12,14). The molecule has 5 heteroatoms. The predicted molar refractivity (Wildman–Crippen MR) is 58.7 cm³/mol. The van der Waals surface area contributed by atoms with Crippen molar-refractivity contribution in [2.75, 3.05) is 33.4 Å². The topological polar surface area (TPSA) is 67.6 Å². The third kappa shape index (κ3) is 2.60. The minimum atomic E-state index is -0.225. The van der Waals surface area contributed by atoms with Gasteiger partial charge in [0.25, 0.3) is 0 Å². The molecule has 1 fully saturated rings. The lowest BCUT2D eigenvalue weighted by molar-refractivity contribution is 0.00283. The first-order valence-electron chi connectivity index (χ1n) is 5.46. The molecule has 0 aromatic heterocycles. The Morgan fingerprint density at radius 3 is 2.60 bits per heavy atom. The van der Waals surface area contributed by atoms with Gasteiger partial charge in [-0.25, -0.2) is 4.79 Å². The molecule has 15 heavy (non-hydrogen) atoms. The summed E-state index contributed by atoms with van der Waals surface area (Å²) in [4.78, 5) is 13.5. The molecular weight excluding hydrogens is 194 g/mol. The zero-order valence-electron chi connectivity index (χ0n) is 9.58. The van der Waals surface area contributed by atoms with E-state index >= 15 is 0 Å². The average Bonchev–Trinajstić information content (AvgIpc) is 2.29. The van der Waals surface area contributed by atoms with E-state index in [-0.39, 0.29) is 11.6 Å². The molecule has 1 heterocycles. The largest absolute Gasteiger partial charge is 0.381 e. The third-order valence-corrected chi connectivity index (χ3v) is 3.15. The van der Waals surface area contributed by atoms with Crippen LogP contribution in [0.4, 0.5) is 4.79 Å². The Bertz CT molecular complexity index is 215. The molecule has 1 rings (SSSR count). The maximum Gasteiger partial charge on any atom is 0.317 e. The van der Waals surface area contributed by atoms with E-state index in [0.717, 1.165) is 12.8 Å². The van der Waals surface area contributed by atoms with Crippen LogP contribution < -0.4 is 11.1 Å². The molecule has 0 aliphatic carbocycles. The number of nitrogens with two attached hydrogens (primary N) is 1. The number of likely N-dealkylation sites (N-methyl/N-ethyl adjacent to an activating group) is 1. The van der Waals surface area contributed by atoms with Crippen molar-refractivity contribution in [3.05, 3.63) is 0 Å². The Morgan fingerprint density at radius 1 is 1.53 bits per heavy atom. The number of hydrogen-bond donors (Lipinski definition) is 2. The lowest BCUT2D eigenvalue weighted by Gasteiger charge is -2.43. The second-order valence-electron chi connectivity index (χ2n) is 3.94. The van der Waals surface area contributed by atoms with Crippen LogP contribution in [0.2, 0.25) is 0 Å². The lowest BCUT2D eigenvalue weighted by Crippen LogP contribution is -2.59. The Morgan fingerprint density at radius 2 is 2.13 bits per heavy atom. The highest BCUT2D eigenvalue weighted by Crippen LogP contribution is 2.25. The molecule has 5 nitrogen and oxygen atoms in total. The summed E-state index contributed by atoms with van der Waals surface area (Å²) in [5, 5.41) is 2.79. The summed E-state index contributed by atoms with van der Waals surface area (Å²) in [5.41, 5.74) is 5.57. The minimum Gasteiger partial charge on any atom is -0.381 e. The Labute approximate surface area is 90.9 Å². The number of hydrogen-bond acceptors (Lipinski definition) is 3. The third-order valence-electron chi connectivity index (χ3n) is 3.15. The van der Waals surface area contributed by atoms with Gasteiger partial charge < -0.3 is 20.7 Å². The zero-order chi connectivity index (χ0) is 11.3. The normalized spacial score (nSPS) is 19.7. The summed E-state index contributed by atoms with van der Waals surface area (Å²) in [6.07, 6.45) is 1.63. The number of rotatable bonds is 3. The molecule has 1 aliphatic rings.